The molecule has 132 valence electrons. The molecule has 0 amide bonds. The third kappa shape index (κ3) is 3.70. The standard InChI is InChI=1S/C18H27N3O3/c1-14-11-17(21(23)24)4-5-18(14)19-9-6-16(7-10-19)20-8-2-3-15(12-20)13-22/h4-5,11,15-16,22H,2-3,6-10,12-13H2,1H3. The van der Waals surface area contributed by atoms with Gasteiger partial charge < -0.3 is 10.0 Å². The molecule has 0 aliphatic carbocycles. The molecule has 2 saturated heterocycles. The number of hydrogen-bond acceptors (Lipinski definition) is 5. The van der Waals surface area contributed by atoms with Gasteiger partial charge in [-0.2, -0.15) is 0 Å². The van der Waals surface area contributed by atoms with Crippen LogP contribution in [0.2, 0.25) is 0 Å². The number of rotatable bonds is 4. The first kappa shape index (κ1) is 17.2. The van der Waals surface area contributed by atoms with E-state index in [9.17, 15) is 15.2 Å². The van der Waals surface area contributed by atoms with Crippen LogP contribution < -0.4 is 4.90 Å². The second-order valence-electron chi connectivity index (χ2n) is 7.13. The minimum atomic E-state index is -0.336. The summed E-state index contributed by atoms with van der Waals surface area (Å²) in [6.45, 7) is 6.41. The van der Waals surface area contributed by atoms with Gasteiger partial charge in [-0.3, -0.25) is 15.0 Å². The van der Waals surface area contributed by atoms with Crippen molar-refractivity contribution in [1.82, 2.24) is 4.90 Å². The molecule has 2 aliphatic heterocycles. The average molecular weight is 333 g/mol. The molecule has 1 N–H and O–H groups in total. The number of benzene rings is 1. The van der Waals surface area contributed by atoms with Crippen molar-refractivity contribution in [3.8, 4) is 0 Å². The Morgan fingerprint density at radius 3 is 2.62 bits per heavy atom. The molecule has 1 unspecified atom stereocenters. The lowest BCUT2D eigenvalue weighted by atomic mass is 9.94. The lowest BCUT2D eigenvalue weighted by Crippen LogP contribution is -2.49. The van der Waals surface area contributed by atoms with Crippen molar-refractivity contribution >= 4 is 11.4 Å². The van der Waals surface area contributed by atoms with Crippen molar-refractivity contribution in [1.29, 1.82) is 0 Å². The predicted molar refractivity (Wildman–Crippen MR) is 94.5 cm³/mol. The second kappa shape index (κ2) is 7.49. The van der Waals surface area contributed by atoms with Gasteiger partial charge >= 0.3 is 0 Å². The van der Waals surface area contributed by atoms with Crippen molar-refractivity contribution in [2.75, 3.05) is 37.7 Å². The zero-order chi connectivity index (χ0) is 17.1. The highest BCUT2D eigenvalue weighted by Gasteiger charge is 2.29. The fourth-order valence-electron chi connectivity index (χ4n) is 4.16. The van der Waals surface area contributed by atoms with Crippen LogP contribution in [0.15, 0.2) is 18.2 Å². The molecule has 2 aliphatic rings. The van der Waals surface area contributed by atoms with E-state index in [0.717, 1.165) is 56.7 Å². The first-order chi connectivity index (χ1) is 11.6. The van der Waals surface area contributed by atoms with E-state index in [4.69, 9.17) is 0 Å². The summed E-state index contributed by atoms with van der Waals surface area (Å²) >= 11 is 0. The molecule has 0 bridgehead atoms. The molecule has 3 rings (SSSR count). The zero-order valence-corrected chi connectivity index (χ0v) is 14.4. The molecule has 2 fully saturated rings. The van der Waals surface area contributed by atoms with Gasteiger partial charge in [-0.25, -0.2) is 0 Å². The van der Waals surface area contributed by atoms with Crippen LogP contribution in [0.3, 0.4) is 0 Å². The lowest BCUT2D eigenvalue weighted by molar-refractivity contribution is -0.384. The van der Waals surface area contributed by atoms with E-state index < -0.39 is 0 Å². The summed E-state index contributed by atoms with van der Waals surface area (Å²) in [5, 5.41) is 20.3. The maximum atomic E-state index is 10.9. The summed E-state index contributed by atoms with van der Waals surface area (Å²) in [4.78, 5) is 15.5. The number of anilines is 1. The summed E-state index contributed by atoms with van der Waals surface area (Å²) in [6.07, 6.45) is 4.57. The normalized spacial score (nSPS) is 23.4. The van der Waals surface area contributed by atoms with E-state index in [-0.39, 0.29) is 10.6 Å². The molecule has 2 heterocycles. The predicted octanol–water partition coefficient (Wildman–Crippen LogP) is 2.58. The van der Waals surface area contributed by atoms with Crippen molar-refractivity contribution < 1.29 is 10.0 Å². The van der Waals surface area contributed by atoms with Gasteiger partial charge in [0.15, 0.2) is 0 Å². The van der Waals surface area contributed by atoms with E-state index >= 15 is 0 Å². The number of non-ortho nitro benzene ring substituents is 1. The van der Waals surface area contributed by atoms with Crippen LogP contribution in [-0.2, 0) is 0 Å². The van der Waals surface area contributed by atoms with Crippen LogP contribution in [0.4, 0.5) is 11.4 Å². The highest BCUT2D eigenvalue weighted by molar-refractivity contribution is 5.57. The number of aryl methyl sites for hydroxylation is 1. The van der Waals surface area contributed by atoms with E-state index in [1.165, 1.54) is 6.42 Å². The Morgan fingerprint density at radius 2 is 2.00 bits per heavy atom. The Labute approximate surface area is 143 Å². The molecular weight excluding hydrogens is 306 g/mol. The largest absolute Gasteiger partial charge is 0.396 e. The highest BCUT2D eigenvalue weighted by atomic mass is 16.6. The number of aliphatic hydroxyl groups excluding tert-OH is 1. The molecule has 1 aromatic rings. The van der Waals surface area contributed by atoms with Gasteiger partial charge in [0.2, 0.25) is 0 Å². The van der Waals surface area contributed by atoms with Crippen LogP contribution in [0.5, 0.6) is 0 Å². The van der Waals surface area contributed by atoms with Gasteiger partial charge in [-0.1, -0.05) is 0 Å². The van der Waals surface area contributed by atoms with Crippen molar-refractivity contribution in [3.05, 3.63) is 33.9 Å². The molecule has 6 heteroatoms. The third-order valence-corrected chi connectivity index (χ3v) is 5.52. The fraction of sp³-hybridized carbons (Fsp3) is 0.667. The number of nitro groups is 1. The maximum Gasteiger partial charge on any atom is 0.269 e. The maximum absolute atomic E-state index is 10.9. The van der Waals surface area contributed by atoms with Gasteiger partial charge in [0.25, 0.3) is 5.69 Å². The monoisotopic (exact) mass is 333 g/mol. The first-order valence-electron chi connectivity index (χ1n) is 8.93. The van der Waals surface area contributed by atoms with E-state index in [0.29, 0.717) is 18.6 Å². The van der Waals surface area contributed by atoms with E-state index in [1.54, 1.807) is 12.1 Å². The zero-order valence-electron chi connectivity index (χ0n) is 14.4. The number of hydrogen-bond donors (Lipinski definition) is 1. The minimum Gasteiger partial charge on any atom is -0.396 e. The van der Waals surface area contributed by atoms with Gasteiger partial charge in [-0.05, 0) is 56.7 Å². The average Bonchev–Trinajstić information content (AvgIpc) is 2.62. The quantitative estimate of drug-likeness (QED) is 0.677. The van der Waals surface area contributed by atoms with Crippen molar-refractivity contribution in [3.63, 3.8) is 0 Å². The highest BCUT2D eigenvalue weighted by Crippen LogP contribution is 2.29. The second-order valence-corrected chi connectivity index (χ2v) is 7.13. The van der Waals surface area contributed by atoms with Crippen LogP contribution in [-0.4, -0.2) is 53.8 Å². The summed E-state index contributed by atoms with van der Waals surface area (Å²) in [6, 6.07) is 5.76. The molecular formula is C18H27N3O3. The number of likely N-dealkylation sites (tertiary alicyclic amines) is 1. The summed E-state index contributed by atoms with van der Waals surface area (Å²) in [7, 11) is 0. The smallest absolute Gasteiger partial charge is 0.269 e. The Balaban J connectivity index is 1.60. The Bertz CT molecular complexity index is 585. The minimum absolute atomic E-state index is 0.162. The number of nitrogens with zero attached hydrogens (tertiary/aromatic N) is 3. The number of nitro benzene ring substituents is 1. The van der Waals surface area contributed by atoms with Gasteiger partial charge in [0.1, 0.15) is 0 Å². The topological polar surface area (TPSA) is 69.9 Å². The first-order valence-corrected chi connectivity index (χ1v) is 8.93. The summed E-state index contributed by atoms with van der Waals surface area (Å²) in [5.74, 6) is 0.439. The van der Waals surface area contributed by atoms with E-state index in [2.05, 4.69) is 9.80 Å². The fourth-order valence-corrected chi connectivity index (χ4v) is 4.16. The van der Waals surface area contributed by atoms with Crippen LogP contribution >= 0.6 is 0 Å². The summed E-state index contributed by atoms with van der Waals surface area (Å²) < 4.78 is 0. The van der Waals surface area contributed by atoms with Crippen LogP contribution in [0.25, 0.3) is 0 Å². The van der Waals surface area contributed by atoms with Gasteiger partial charge in [0, 0.05) is 50.1 Å². The van der Waals surface area contributed by atoms with Crippen molar-refractivity contribution in [2.24, 2.45) is 5.92 Å². The molecule has 0 spiro atoms. The molecule has 0 aromatic heterocycles. The number of piperidine rings is 2. The molecule has 0 radical (unpaired) electrons. The molecule has 1 aromatic carbocycles. The van der Waals surface area contributed by atoms with Gasteiger partial charge in [0.05, 0.1) is 4.92 Å². The molecule has 1 atom stereocenters. The lowest BCUT2D eigenvalue weighted by Gasteiger charge is -2.43. The van der Waals surface area contributed by atoms with Crippen molar-refractivity contribution in [2.45, 2.75) is 38.6 Å². The Kier molecular flexibility index (Phi) is 5.36. The SMILES string of the molecule is Cc1cc([N+](=O)[O-])ccc1N1CCC(N2CCCC(CO)C2)CC1. The molecule has 6 nitrogen and oxygen atoms in total. The summed E-state index contributed by atoms with van der Waals surface area (Å²) in [5.41, 5.74) is 2.25. The van der Waals surface area contributed by atoms with Crippen LogP contribution in [0.1, 0.15) is 31.2 Å². The molecule has 24 heavy (non-hydrogen) atoms. The molecule has 0 saturated carbocycles. The number of aliphatic hydroxyl groups is 1. The van der Waals surface area contributed by atoms with Gasteiger partial charge in [-0.15, -0.1) is 0 Å². The Morgan fingerprint density at radius 1 is 1.25 bits per heavy atom. The van der Waals surface area contributed by atoms with E-state index in [1.807, 2.05) is 13.0 Å². The Hall–Kier alpha value is -1.66. The van der Waals surface area contributed by atoms with Crippen LogP contribution in [0, 0.1) is 23.0 Å². The third-order valence-electron chi connectivity index (χ3n) is 5.52.